The Kier molecular flexibility index (Phi) is 5.02. The van der Waals surface area contributed by atoms with Crippen LogP contribution in [0.5, 0.6) is 0 Å². The second-order valence-electron chi connectivity index (χ2n) is 8.29. The summed E-state index contributed by atoms with van der Waals surface area (Å²) in [6, 6.07) is 14.0. The highest BCUT2D eigenvalue weighted by atomic mass is 16.4. The van der Waals surface area contributed by atoms with Crippen molar-refractivity contribution in [3.8, 4) is 0 Å². The zero-order valence-electron chi connectivity index (χ0n) is 16.4. The normalized spacial score (nSPS) is 17.0. The van der Waals surface area contributed by atoms with Gasteiger partial charge in [-0.15, -0.1) is 0 Å². The van der Waals surface area contributed by atoms with Crippen LogP contribution in [0.4, 0.5) is 0 Å². The van der Waals surface area contributed by atoms with Crippen LogP contribution in [0.3, 0.4) is 0 Å². The van der Waals surface area contributed by atoms with Crippen LogP contribution in [0.1, 0.15) is 37.7 Å². The second kappa shape index (κ2) is 7.45. The maximum Gasteiger partial charge on any atom is 0.336 e. The van der Waals surface area contributed by atoms with E-state index < -0.39 is 0 Å². The lowest BCUT2D eigenvalue weighted by atomic mass is 9.80. The van der Waals surface area contributed by atoms with Crippen molar-refractivity contribution in [2.45, 2.75) is 44.2 Å². The zero-order chi connectivity index (χ0) is 18.9. The van der Waals surface area contributed by atoms with Gasteiger partial charge in [0.15, 0.2) is 0 Å². The third-order valence-electron chi connectivity index (χ3n) is 6.49. The van der Waals surface area contributed by atoms with Crippen LogP contribution in [-0.4, -0.2) is 26.2 Å². The Bertz CT molecular complexity index is 1000. The fraction of sp³-hybridized carbons (Fsp3) is 0.435. The number of benzene rings is 2. The molecule has 4 nitrogen and oxygen atoms in total. The Labute approximate surface area is 160 Å². The molecule has 0 unspecified atom stereocenters. The van der Waals surface area contributed by atoms with Crippen LogP contribution in [0.15, 0.2) is 51.7 Å². The van der Waals surface area contributed by atoms with Crippen molar-refractivity contribution in [3.05, 3.63) is 58.4 Å². The molecule has 2 aromatic carbocycles. The number of nitrogens with one attached hydrogen (secondary N) is 1. The van der Waals surface area contributed by atoms with Crippen molar-refractivity contribution in [1.82, 2.24) is 0 Å². The van der Waals surface area contributed by atoms with Crippen LogP contribution in [0.2, 0.25) is 0 Å². The van der Waals surface area contributed by atoms with Crippen LogP contribution >= 0.6 is 0 Å². The van der Waals surface area contributed by atoms with Crippen molar-refractivity contribution in [3.63, 3.8) is 0 Å². The number of fused-ring (bicyclic) bond motifs is 3. The number of quaternary nitrogens is 2. The van der Waals surface area contributed by atoms with Crippen LogP contribution in [-0.2, 0) is 6.54 Å². The molecule has 0 radical (unpaired) electrons. The van der Waals surface area contributed by atoms with E-state index in [1.54, 1.807) is 11.0 Å². The first kappa shape index (κ1) is 18.2. The molecule has 4 heteroatoms. The minimum Gasteiger partial charge on any atom is -0.423 e. The Balaban J connectivity index is 1.65. The molecule has 0 saturated heterocycles. The van der Waals surface area contributed by atoms with Gasteiger partial charge in [-0.3, -0.25) is 0 Å². The minimum atomic E-state index is -0.258. The summed E-state index contributed by atoms with van der Waals surface area (Å²) in [7, 11) is 4.58. The highest BCUT2D eigenvalue weighted by molar-refractivity contribution is 6.06. The zero-order valence-corrected chi connectivity index (χ0v) is 16.4. The standard InChI is InChI=1S/C23H28N2O2/c1-25(2)23(12-6-3-7-13-23)16-24-15-18-14-21(26)27-20-11-10-17-8-4-5-9-19(17)22(18)20/h4-5,8-11,14,24H,3,6-7,12-13,15-16H2,1-2H3/p+2. The summed E-state index contributed by atoms with van der Waals surface area (Å²) >= 11 is 0. The van der Waals surface area contributed by atoms with Crippen LogP contribution < -0.4 is 15.8 Å². The van der Waals surface area contributed by atoms with Gasteiger partial charge >= 0.3 is 5.63 Å². The number of nitrogens with two attached hydrogens (primary N) is 1. The minimum absolute atomic E-state index is 0.258. The van der Waals surface area contributed by atoms with Gasteiger partial charge in [0.2, 0.25) is 0 Å². The maximum absolute atomic E-state index is 12.1. The fourth-order valence-electron chi connectivity index (χ4n) is 4.82. The smallest absolute Gasteiger partial charge is 0.336 e. The SMILES string of the molecule is C[NH+](C)C1(C[NH2+]Cc2cc(=O)oc3ccc4ccccc4c23)CCCCC1. The third kappa shape index (κ3) is 3.52. The number of hydrogen-bond donors (Lipinski definition) is 2. The van der Waals surface area contributed by atoms with E-state index in [2.05, 4.69) is 31.5 Å². The lowest BCUT2D eigenvalue weighted by Gasteiger charge is -2.38. The first-order valence-corrected chi connectivity index (χ1v) is 10.2. The number of hydrogen-bond acceptors (Lipinski definition) is 2. The highest BCUT2D eigenvalue weighted by Gasteiger charge is 2.39. The molecule has 0 bridgehead atoms. The summed E-state index contributed by atoms with van der Waals surface area (Å²) in [5.74, 6) is 0. The average Bonchev–Trinajstić information content (AvgIpc) is 2.68. The number of likely N-dealkylation sites (N-methyl/N-ethyl adjacent to an activating group) is 1. The van der Waals surface area contributed by atoms with E-state index in [0.29, 0.717) is 11.1 Å². The van der Waals surface area contributed by atoms with Gasteiger partial charge in [0, 0.05) is 29.9 Å². The second-order valence-corrected chi connectivity index (χ2v) is 8.29. The molecule has 4 rings (SSSR count). The monoisotopic (exact) mass is 366 g/mol. The van der Waals surface area contributed by atoms with Crippen molar-refractivity contribution < 1.29 is 14.6 Å². The van der Waals surface area contributed by atoms with E-state index >= 15 is 0 Å². The Hall–Kier alpha value is -2.17. The maximum atomic E-state index is 12.1. The number of rotatable bonds is 5. The topological polar surface area (TPSA) is 51.3 Å². The van der Waals surface area contributed by atoms with Crippen LogP contribution in [0.25, 0.3) is 21.7 Å². The quantitative estimate of drug-likeness (QED) is 0.535. The van der Waals surface area contributed by atoms with Gasteiger partial charge in [-0.25, -0.2) is 4.79 Å². The Morgan fingerprint density at radius 2 is 1.85 bits per heavy atom. The molecule has 1 aliphatic carbocycles. The molecule has 0 amide bonds. The van der Waals surface area contributed by atoms with Crippen LogP contribution in [0, 0.1) is 0 Å². The molecule has 1 aliphatic rings. The largest absolute Gasteiger partial charge is 0.423 e. The molecule has 27 heavy (non-hydrogen) atoms. The first-order valence-electron chi connectivity index (χ1n) is 10.2. The summed E-state index contributed by atoms with van der Waals surface area (Å²) < 4.78 is 5.49. The van der Waals surface area contributed by atoms with Gasteiger partial charge < -0.3 is 14.6 Å². The van der Waals surface area contributed by atoms with E-state index in [0.717, 1.165) is 29.4 Å². The lowest BCUT2D eigenvalue weighted by molar-refractivity contribution is -0.935. The van der Waals surface area contributed by atoms with E-state index in [1.807, 2.05) is 24.3 Å². The Morgan fingerprint density at radius 1 is 1.07 bits per heavy atom. The van der Waals surface area contributed by atoms with Gasteiger partial charge in [0.25, 0.3) is 0 Å². The van der Waals surface area contributed by atoms with Gasteiger partial charge in [-0.2, -0.15) is 0 Å². The molecule has 0 spiro atoms. The average molecular weight is 367 g/mol. The van der Waals surface area contributed by atoms with Gasteiger partial charge in [0.1, 0.15) is 24.2 Å². The van der Waals surface area contributed by atoms with E-state index in [1.165, 1.54) is 37.5 Å². The molecule has 3 aromatic rings. The molecule has 1 saturated carbocycles. The molecule has 1 fully saturated rings. The molecule has 142 valence electrons. The van der Waals surface area contributed by atoms with Gasteiger partial charge in [0.05, 0.1) is 14.1 Å². The van der Waals surface area contributed by atoms with Crippen molar-refractivity contribution in [1.29, 1.82) is 0 Å². The predicted octanol–water partition coefficient (Wildman–Crippen LogP) is 1.86. The predicted molar refractivity (Wildman–Crippen MR) is 109 cm³/mol. The lowest BCUT2D eigenvalue weighted by Crippen LogP contribution is -3.19. The molecule has 0 atom stereocenters. The molecule has 3 N–H and O–H groups in total. The third-order valence-corrected chi connectivity index (χ3v) is 6.49. The Morgan fingerprint density at radius 3 is 2.63 bits per heavy atom. The van der Waals surface area contributed by atoms with E-state index in [9.17, 15) is 4.79 Å². The summed E-state index contributed by atoms with van der Waals surface area (Å²) in [6.45, 7) is 1.91. The first-order chi connectivity index (χ1) is 13.1. The van der Waals surface area contributed by atoms with E-state index in [4.69, 9.17) is 4.42 Å². The van der Waals surface area contributed by atoms with Crippen molar-refractivity contribution in [2.75, 3.05) is 20.6 Å². The van der Waals surface area contributed by atoms with Gasteiger partial charge in [-0.1, -0.05) is 36.8 Å². The summed E-state index contributed by atoms with van der Waals surface area (Å²) in [6.07, 6.45) is 6.63. The fourth-order valence-corrected chi connectivity index (χ4v) is 4.82. The summed E-state index contributed by atoms with van der Waals surface area (Å²) in [4.78, 5) is 13.6. The van der Waals surface area contributed by atoms with E-state index in [-0.39, 0.29) is 5.63 Å². The van der Waals surface area contributed by atoms with Crippen molar-refractivity contribution in [2.24, 2.45) is 0 Å². The molecule has 1 aromatic heterocycles. The molecular formula is C23H30N2O2+2. The molecule has 1 heterocycles. The van der Waals surface area contributed by atoms with Crippen molar-refractivity contribution >= 4 is 21.7 Å². The summed E-state index contributed by atoms with van der Waals surface area (Å²) in [5.41, 5.74) is 1.87. The summed E-state index contributed by atoms with van der Waals surface area (Å²) in [5, 5.41) is 5.82. The van der Waals surface area contributed by atoms with Gasteiger partial charge in [-0.05, 0) is 29.7 Å². The molecule has 0 aliphatic heterocycles. The molecular weight excluding hydrogens is 336 g/mol. The highest BCUT2D eigenvalue weighted by Crippen LogP contribution is 2.27.